The molecule has 0 aliphatic heterocycles. The predicted octanol–water partition coefficient (Wildman–Crippen LogP) is 2.99. The molecule has 0 saturated heterocycles. The topological polar surface area (TPSA) is 74.8 Å². The SMILES string of the molecule is CCNC(=O)COc1cccc(CNC(=NC)NCC2(c3ccccc3)CCC2)c1. The molecule has 0 atom stereocenters. The number of amides is 1. The first-order valence-electron chi connectivity index (χ1n) is 10.6. The number of likely N-dealkylation sites (N-methyl/N-ethyl adjacent to an activating group) is 1. The molecule has 3 rings (SSSR count). The highest BCUT2D eigenvalue weighted by Crippen LogP contribution is 2.43. The van der Waals surface area contributed by atoms with Gasteiger partial charge in [0, 0.05) is 32.1 Å². The van der Waals surface area contributed by atoms with Crippen LogP contribution in [0.25, 0.3) is 0 Å². The van der Waals surface area contributed by atoms with Crippen molar-refractivity contribution in [1.82, 2.24) is 16.0 Å². The summed E-state index contributed by atoms with van der Waals surface area (Å²) in [6.07, 6.45) is 3.67. The maximum absolute atomic E-state index is 11.6. The molecule has 2 aromatic carbocycles. The van der Waals surface area contributed by atoms with Crippen LogP contribution in [0.1, 0.15) is 37.3 Å². The zero-order valence-corrected chi connectivity index (χ0v) is 17.9. The first kappa shape index (κ1) is 21.7. The number of benzene rings is 2. The average Bonchev–Trinajstić information content (AvgIpc) is 2.75. The Labute approximate surface area is 179 Å². The summed E-state index contributed by atoms with van der Waals surface area (Å²) < 4.78 is 5.57. The molecule has 0 radical (unpaired) electrons. The van der Waals surface area contributed by atoms with E-state index in [1.54, 1.807) is 7.05 Å². The second kappa shape index (κ2) is 10.7. The molecule has 1 amide bonds. The van der Waals surface area contributed by atoms with Crippen LogP contribution in [0.2, 0.25) is 0 Å². The summed E-state index contributed by atoms with van der Waals surface area (Å²) in [6.45, 7) is 4.00. The molecule has 3 N–H and O–H groups in total. The minimum atomic E-state index is -0.117. The Bertz CT molecular complexity index is 847. The molecule has 1 aliphatic carbocycles. The van der Waals surface area contributed by atoms with Gasteiger partial charge in [0.1, 0.15) is 5.75 Å². The van der Waals surface area contributed by atoms with Crippen LogP contribution in [0.15, 0.2) is 59.6 Å². The Balaban J connectivity index is 1.51. The monoisotopic (exact) mass is 408 g/mol. The van der Waals surface area contributed by atoms with Gasteiger partial charge in [-0.15, -0.1) is 0 Å². The molecule has 30 heavy (non-hydrogen) atoms. The fraction of sp³-hybridized carbons (Fsp3) is 0.417. The van der Waals surface area contributed by atoms with Crippen LogP contribution in [-0.4, -0.2) is 38.6 Å². The number of carbonyl (C=O) groups is 1. The molecule has 1 saturated carbocycles. The van der Waals surface area contributed by atoms with Gasteiger partial charge in [0.2, 0.25) is 0 Å². The van der Waals surface area contributed by atoms with E-state index in [0.717, 1.165) is 18.1 Å². The molecule has 0 spiro atoms. The number of carbonyl (C=O) groups excluding carboxylic acids is 1. The van der Waals surface area contributed by atoms with E-state index in [-0.39, 0.29) is 17.9 Å². The summed E-state index contributed by atoms with van der Waals surface area (Å²) >= 11 is 0. The first-order valence-corrected chi connectivity index (χ1v) is 10.6. The lowest BCUT2D eigenvalue weighted by Gasteiger charge is -2.43. The lowest BCUT2D eigenvalue weighted by atomic mass is 9.64. The number of nitrogens with zero attached hydrogens (tertiary/aromatic N) is 1. The zero-order valence-electron chi connectivity index (χ0n) is 17.9. The Morgan fingerprint density at radius 1 is 1.07 bits per heavy atom. The van der Waals surface area contributed by atoms with Crippen LogP contribution in [0.5, 0.6) is 5.75 Å². The largest absolute Gasteiger partial charge is 0.484 e. The number of nitrogens with one attached hydrogen (secondary N) is 3. The number of guanidine groups is 1. The summed E-state index contributed by atoms with van der Waals surface area (Å²) in [5.74, 6) is 1.35. The summed E-state index contributed by atoms with van der Waals surface area (Å²) in [5.41, 5.74) is 2.66. The average molecular weight is 409 g/mol. The van der Waals surface area contributed by atoms with Crippen molar-refractivity contribution in [2.45, 2.75) is 38.1 Å². The normalized spacial score (nSPS) is 15.1. The van der Waals surface area contributed by atoms with Gasteiger partial charge in [-0.3, -0.25) is 9.79 Å². The molecular formula is C24H32N4O2. The van der Waals surface area contributed by atoms with E-state index >= 15 is 0 Å². The lowest BCUT2D eigenvalue weighted by Crippen LogP contribution is -2.48. The van der Waals surface area contributed by atoms with E-state index in [4.69, 9.17) is 4.74 Å². The highest BCUT2D eigenvalue weighted by atomic mass is 16.5. The molecule has 1 aliphatic rings. The molecule has 6 nitrogen and oxygen atoms in total. The molecule has 0 aromatic heterocycles. The van der Waals surface area contributed by atoms with E-state index in [2.05, 4.69) is 51.3 Å². The van der Waals surface area contributed by atoms with Crippen molar-refractivity contribution >= 4 is 11.9 Å². The zero-order chi connectivity index (χ0) is 21.2. The van der Waals surface area contributed by atoms with Crippen molar-refractivity contribution in [2.75, 3.05) is 26.7 Å². The Morgan fingerprint density at radius 2 is 1.87 bits per heavy atom. The number of rotatable bonds is 9. The standard InChI is InChI=1S/C24H32N4O2/c1-3-26-22(29)17-30-21-12-7-9-19(15-21)16-27-23(25-2)28-18-24(13-8-14-24)20-10-5-4-6-11-20/h4-7,9-12,15H,3,8,13-14,16-18H2,1-2H3,(H,26,29)(H2,25,27,28). The summed E-state index contributed by atoms with van der Waals surface area (Å²) in [5, 5.41) is 9.60. The molecular weight excluding hydrogens is 376 g/mol. The Kier molecular flexibility index (Phi) is 7.71. The van der Waals surface area contributed by atoms with Crippen molar-refractivity contribution in [3.63, 3.8) is 0 Å². The van der Waals surface area contributed by atoms with E-state index in [1.807, 2.05) is 31.2 Å². The number of hydrogen-bond acceptors (Lipinski definition) is 3. The maximum atomic E-state index is 11.6. The van der Waals surface area contributed by atoms with Gasteiger partial charge in [0.25, 0.3) is 5.91 Å². The van der Waals surface area contributed by atoms with Crippen molar-refractivity contribution in [1.29, 1.82) is 0 Å². The van der Waals surface area contributed by atoms with E-state index in [9.17, 15) is 4.79 Å². The second-order valence-corrected chi connectivity index (χ2v) is 7.67. The fourth-order valence-electron chi connectivity index (χ4n) is 3.76. The van der Waals surface area contributed by atoms with Crippen LogP contribution in [0.4, 0.5) is 0 Å². The third-order valence-electron chi connectivity index (χ3n) is 5.62. The van der Waals surface area contributed by atoms with Gasteiger partial charge >= 0.3 is 0 Å². The minimum absolute atomic E-state index is 0.0233. The highest BCUT2D eigenvalue weighted by molar-refractivity contribution is 5.79. The minimum Gasteiger partial charge on any atom is -0.484 e. The van der Waals surface area contributed by atoms with Gasteiger partial charge in [-0.05, 0) is 43.0 Å². The molecule has 0 bridgehead atoms. The van der Waals surface area contributed by atoms with Gasteiger partial charge in [-0.2, -0.15) is 0 Å². The fourth-order valence-corrected chi connectivity index (χ4v) is 3.76. The van der Waals surface area contributed by atoms with Gasteiger partial charge < -0.3 is 20.7 Å². The van der Waals surface area contributed by atoms with E-state index in [0.29, 0.717) is 18.8 Å². The van der Waals surface area contributed by atoms with Crippen molar-refractivity contribution < 1.29 is 9.53 Å². The maximum Gasteiger partial charge on any atom is 0.257 e. The molecule has 0 unspecified atom stereocenters. The van der Waals surface area contributed by atoms with Gasteiger partial charge in [0.15, 0.2) is 12.6 Å². The summed E-state index contributed by atoms with van der Waals surface area (Å²) in [7, 11) is 1.79. The highest BCUT2D eigenvalue weighted by Gasteiger charge is 2.38. The number of hydrogen-bond donors (Lipinski definition) is 3. The molecule has 6 heteroatoms. The van der Waals surface area contributed by atoms with Crippen LogP contribution >= 0.6 is 0 Å². The van der Waals surface area contributed by atoms with Crippen LogP contribution in [0, 0.1) is 0 Å². The third kappa shape index (κ3) is 5.75. The van der Waals surface area contributed by atoms with E-state index < -0.39 is 0 Å². The van der Waals surface area contributed by atoms with Gasteiger partial charge in [0.05, 0.1) is 0 Å². The Morgan fingerprint density at radius 3 is 2.53 bits per heavy atom. The molecule has 2 aromatic rings. The smallest absolute Gasteiger partial charge is 0.257 e. The predicted molar refractivity (Wildman–Crippen MR) is 121 cm³/mol. The van der Waals surface area contributed by atoms with Crippen LogP contribution in [-0.2, 0) is 16.8 Å². The number of ether oxygens (including phenoxy) is 1. The summed E-state index contributed by atoms with van der Waals surface area (Å²) in [6, 6.07) is 18.5. The lowest BCUT2D eigenvalue weighted by molar-refractivity contribution is -0.122. The molecule has 160 valence electrons. The third-order valence-corrected chi connectivity index (χ3v) is 5.62. The molecule has 1 fully saturated rings. The van der Waals surface area contributed by atoms with Crippen LogP contribution in [0.3, 0.4) is 0 Å². The second-order valence-electron chi connectivity index (χ2n) is 7.67. The van der Waals surface area contributed by atoms with Crippen molar-refractivity contribution in [3.8, 4) is 5.75 Å². The quantitative estimate of drug-likeness (QED) is 0.440. The molecule has 0 heterocycles. The van der Waals surface area contributed by atoms with Gasteiger partial charge in [-0.25, -0.2) is 0 Å². The Hall–Kier alpha value is -3.02. The van der Waals surface area contributed by atoms with Gasteiger partial charge in [-0.1, -0.05) is 48.9 Å². The number of aliphatic imine (C=N–C) groups is 1. The van der Waals surface area contributed by atoms with Crippen molar-refractivity contribution in [2.24, 2.45) is 4.99 Å². The van der Waals surface area contributed by atoms with Crippen LogP contribution < -0.4 is 20.7 Å². The summed E-state index contributed by atoms with van der Waals surface area (Å²) in [4.78, 5) is 15.9. The first-order chi connectivity index (χ1) is 14.6. The van der Waals surface area contributed by atoms with E-state index in [1.165, 1.54) is 24.8 Å². The van der Waals surface area contributed by atoms with Crippen molar-refractivity contribution in [3.05, 3.63) is 65.7 Å².